The Balaban J connectivity index is 2.03. The summed E-state index contributed by atoms with van der Waals surface area (Å²) in [6.07, 6.45) is 1.37. The third kappa shape index (κ3) is 2.82. The van der Waals surface area contributed by atoms with E-state index in [0.29, 0.717) is 11.3 Å². The van der Waals surface area contributed by atoms with Crippen molar-refractivity contribution in [3.63, 3.8) is 0 Å². The Labute approximate surface area is 103 Å². The van der Waals surface area contributed by atoms with Crippen molar-refractivity contribution in [2.24, 2.45) is 0 Å². The highest BCUT2D eigenvalue weighted by molar-refractivity contribution is 5.91. The SMILES string of the molecule is Cc1cc(F)ccc1NC(=O)Cn1cnc(N)n1. The Morgan fingerprint density at radius 3 is 2.94 bits per heavy atom. The minimum absolute atomic E-state index is 0.00101. The minimum Gasteiger partial charge on any atom is -0.367 e. The Kier molecular flexibility index (Phi) is 3.22. The monoisotopic (exact) mass is 249 g/mol. The van der Waals surface area contributed by atoms with Crippen molar-refractivity contribution in [1.82, 2.24) is 14.8 Å². The summed E-state index contributed by atoms with van der Waals surface area (Å²) in [6, 6.07) is 4.15. The summed E-state index contributed by atoms with van der Waals surface area (Å²) < 4.78 is 14.2. The summed E-state index contributed by atoms with van der Waals surface area (Å²) in [4.78, 5) is 15.4. The standard InChI is InChI=1S/C11H12FN5O/c1-7-4-8(12)2-3-9(7)15-10(18)5-17-6-14-11(13)16-17/h2-4,6H,5H2,1H3,(H2,13,16)(H,15,18). The molecule has 0 aliphatic heterocycles. The molecule has 0 radical (unpaired) electrons. The maximum Gasteiger partial charge on any atom is 0.246 e. The molecule has 0 spiro atoms. The molecule has 0 aliphatic carbocycles. The highest BCUT2D eigenvalue weighted by atomic mass is 19.1. The van der Waals surface area contributed by atoms with E-state index in [0.717, 1.165) is 0 Å². The Bertz CT molecular complexity index is 581. The molecule has 0 fully saturated rings. The number of aryl methyl sites for hydroxylation is 1. The number of hydrogen-bond acceptors (Lipinski definition) is 4. The zero-order valence-corrected chi connectivity index (χ0v) is 9.72. The number of nitrogen functional groups attached to an aromatic ring is 1. The van der Waals surface area contributed by atoms with Crippen molar-refractivity contribution in [2.75, 3.05) is 11.1 Å². The molecule has 1 heterocycles. The number of hydrogen-bond donors (Lipinski definition) is 2. The van der Waals surface area contributed by atoms with Gasteiger partial charge in [-0.3, -0.25) is 4.79 Å². The smallest absolute Gasteiger partial charge is 0.246 e. The van der Waals surface area contributed by atoms with Crippen LogP contribution in [0.5, 0.6) is 0 Å². The molecule has 0 saturated heterocycles. The van der Waals surface area contributed by atoms with E-state index < -0.39 is 0 Å². The molecule has 2 rings (SSSR count). The lowest BCUT2D eigenvalue weighted by atomic mass is 10.2. The fourth-order valence-electron chi connectivity index (χ4n) is 1.49. The number of nitrogens with two attached hydrogens (primary N) is 1. The predicted octanol–water partition coefficient (Wildman–Crippen LogP) is 0.947. The molecule has 1 aromatic heterocycles. The van der Waals surface area contributed by atoms with Gasteiger partial charge in [0.05, 0.1) is 0 Å². The van der Waals surface area contributed by atoms with E-state index in [9.17, 15) is 9.18 Å². The zero-order chi connectivity index (χ0) is 13.1. The maximum atomic E-state index is 12.9. The van der Waals surface area contributed by atoms with Crippen LogP contribution in [0.2, 0.25) is 0 Å². The molecule has 2 aromatic rings. The van der Waals surface area contributed by atoms with Crippen molar-refractivity contribution < 1.29 is 9.18 Å². The molecule has 7 heteroatoms. The van der Waals surface area contributed by atoms with Gasteiger partial charge in [-0.1, -0.05) is 0 Å². The third-order valence-corrected chi connectivity index (χ3v) is 2.32. The number of nitrogens with zero attached hydrogens (tertiary/aromatic N) is 3. The van der Waals surface area contributed by atoms with Crippen LogP contribution in [-0.4, -0.2) is 20.7 Å². The minimum atomic E-state index is -0.338. The molecular formula is C11H12FN5O. The molecule has 1 amide bonds. The number of benzene rings is 1. The average Bonchev–Trinajstić information content (AvgIpc) is 2.68. The molecule has 1 aromatic carbocycles. The van der Waals surface area contributed by atoms with Crippen LogP contribution >= 0.6 is 0 Å². The summed E-state index contributed by atoms with van der Waals surface area (Å²) in [6.45, 7) is 1.72. The van der Waals surface area contributed by atoms with Crippen LogP contribution in [0.15, 0.2) is 24.5 Å². The Morgan fingerprint density at radius 1 is 1.56 bits per heavy atom. The first-order valence-corrected chi connectivity index (χ1v) is 5.25. The normalized spacial score (nSPS) is 10.3. The number of carbonyl (C=O) groups excluding carboxylic acids is 1. The maximum absolute atomic E-state index is 12.9. The molecule has 0 atom stereocenters. The quantitative estimate of drug-likeness (QED) is 0.847. The van der Waals surface area contributed by atoms with E-state index in [1.54, 1.807) is 6.92 Å². The van der Waals surface area contributed by atoms with E-state index in [4.69, 9.17) is 5.73 Å². The van der Waals surface area contributed by atoms with Crippen molar-refractivity contribution in [2.45, 2.75) is 13.5 Å². The van der Waals surface area contributed by atoms with Gasteiger partial charge in [0.15, 0.2) is 0 Å². The number of amides is 1. The number of rotatable bonds is 3. The van der Waals surface area contributed by atoms with Gasteiger partial charge in [-0.05, 0) is 30.7 Å². The summed E-state index contributed by atoms with van der Waals surface area (Å²) >= 11 is 0. The van der Waals surface area contributed by atoms with Crippen LogP contribution in [0.3, 0.4) is 0 Å². The van der Waals surface area contributed by atoms with Crippen LogP contribution < -0.4 is 11.1 Å². The molecule has 0 unspecified atom stereocenters. The summed E-state index contributed by atoms with van der Waals surface area (Å²) in [5.41, 5.74) is 6.55. The lowest BCUT2D eigenvalue weighted by Gasteiger charge is -2.08. The van der Waals surface area contributed by atoms with Gasteiger partial charge >= 0.3 is 0 Å². The van der Waals surface area contributed by atoms with Gasteiger partial charge in [0.2, 0.25) is 11.9 Å². The number of nitrogens with one attached hydrogen (secondary N) is 1. The van der Waals surface area contributed by atoms with Crippen molar-refractivity contribution in [3.05, 3.63) is 35.9 Å². The van der Waals surface area contributed by atoms with Crippen molar-refractivity contribution in [1.29, 1.82) is 0 Å². The first kappa shape index (κ1) is 12.0. The van der Waals surface area contributed by atoms with Gasteiger partial charge in [0, 0.05) is 5.69 Å². The van der Waals surface area contributed by atoms with Gasteiger partial charge in [0.25, 0.3) is 0 Å². The number of halogens is 1. The molecule has 0 saturated carbocycles. The molecule has 6 nitrogen and oxygen atoms in total. The zero-order valence-electron chi connectivity index (χ0n) is 9.72. The molecule has 0 aliphatic rings. The average molecular weight is 249 g/mol. The number of carbonyl (C=O) groups is 1. The summed E-state index contributed by atoms with van der Waals surface area (Å²) in [5, 5.41) is 6.45. The number of anilines is 2. The predicted molar refractivity (Wildman–Crippen MR) is 64.2 cm³/mol. The van der Waals surface area contributed by atoms with Gasteiger partial charge in [-0.15, -0.1) is 5.10 Å². The van der Waals surface area contributed by atoms with Gasteiger partial charge in [-0.2, -0.15) is 0 Å². The molecular weight excluding hydrogens is 237 g/mol. The van der Waals surface area contributed by atoms with Crippen LogP contribution in [0, 0.1) is 12.7 Å². The summed E-state index contributed by atoms with van der Waals surface area (Å²) in [5.74, 6) is -0.509. The van der Waals surface area contributed by atoms with Crippen molar-refractivity contribution >= 4 is 17.5 Å². The van der Waals surface area contributed by atoms with Gasteiger partial charge < -0.3 is 11.1 Å². The van der Waals surface area contributed by atoms with Crippen LogP contribution in [0.25, 0.3) is 0 Å². The second-order valence-corrected chi connectivity index (χ2v) is 3.81. The fraction of sp³-hybridized carbons (Fsp3) is 0.182. The van der Waals surface area contributed by atoms with E-state index in [1.165, 1.54) is 29.2 Å². The molecule has 3 N–H and O–H groups in total. The topological polar surface area (TPSA) is 85.8 Å². The first-order chi connectivity index (χ1) is 8.54. The molecule has 94 valence electrons. The van der Waals surface area contributed by atoms with Gasteiger partial charge in [-0.25, -0.2) is 14.1 Å². The first-order valence-electron chi connectivity index (χ1n) is 5.25. The van der Waals surface area contributed by atoms with Crippen LogP contribution in [0.4, 0.5) is 16.0 Å². The van der Waals surface area contributed by atoms with E-state index in [1.807, 2.05) is 0 Å². The number of aromatic nitrogens is 3. The van der Waals surface area contributed by atoms with E-state index >= 15 is 0 Å². The van der Waals surface area contributed by atoms with Crippen molar-refractivity contribution in [3.8, 4) is 0 Å². The molecule has 0 bridgehead atoms. The van der Waals surface area contributed by atoms with E-state index in [-0.39, 0.29) is 24.2 Å². The second-order valence-electron chi connectivity index (χ2n) is 3.81. The van der Waals surface area contributed by atoms with Gasteiger partial charge in [0.1, 0.15) is 18.7 Å². The Morgan fingerprint density at radius 2 is 2.33 bits per heavy atom. The second kappa shape index (κ2) is 4.82. The van der Waals surface area contributed by atoms with Crippen LogP contribution in [0.1, 0.15) is 5.56 Å². The third-order valence-electron chi connectivity index (χ3n) is 2.32. The highest BCUT2D eigenvalue weighted by Gasteiger charge is 2.07. The Hall–Kier alpha value is -2.44. The lowest BCUT2D eigenvalue weighted by Crippen LogP contribution is -2.19. The lowest BCUT2D eigenvalue weighted by molar-refractivity contribution is -0.116. The molecule has 18 heavy (non-hydrogen) atoms. The largest absolute Gasteiger partial charge is 0.367 e. The van der Waals surface area contributed by atoms with Crippen LogP contribution in [-0.2, 0) is 11.3 Å². The highest BCUT2D eigenvalue weighted by Crippen LogP contribution is 2.15. The van der Waals surface area contributed by atoms with E-state index in [2.05, 4.69) is 15.4 Å². The fourth-order valence-corrected chi connectivity index (χ4v) is 1.49. The summed E-state index contributed by atoms with van der Waals surface area (Å²) in [7, 11) is 0.